The second-order valence-electron chi connectivity index (χ2n) is 8.17. The van der Waals surface area contributed by atoms with Gasteiger partial charge in [-0.1, -0.05) is 87.0 Å². The predicted molar refractivity (Wildman–Crippen MR) is 93.4 cm³/mol. The molecule has 0 spiro atoms. The van der Waals surface area contributed by atoms with Crippen LogP contribution < -0.4 is 0 Å². The van der Waals surface area contributed by atoms with Gasteiger partial charge in [0.1, 0.15) is 0 Å². The summed E-state index contributed by atoms with van der Waals surface area (Å²) < 4.78 is 4.94. The molecule has 20 heavy (non-hydrogen) atoms. The van der Waals surface area contributed by atoms with E-state index >= 15 is 0 Å². The van der Waals surface area contributed by atoms with Crippen LogP contribution in [0.4, 0.5) is 0 Å². The van der Waals surface area contributed by atoms with Crippen LogP contribution in [0.2, 0.25) is 0 Å². The Bertz CT molecular complexity index is 131. The topological polar surface area (TPSA) is 9.23 Å². The van der Waals surface area contributed by atoms with Crippen LogP contribution in [-0.4, -0.2) is 13.2 Å². The van der Waals surface area contributed by atoms with Crippen LogP contribution in [0, 0.1) is 11.3 Å². The second-order valence-corrected chi connectivity index (χ2v) is 8.17. The van der Waals surface area contributed by atoms with Crippen molar-refractivity contribution in [3.8, 4) is 0 Å². The molecule has 1 heterocycles. The summed E-state index contributed by atoms with van der Waals surface area (Å²) in [6.07, 6.45) is 11.6. The van der Waals surface area contributed by atoms with Gasteiger partial charge in [-0.25, -0.2) is 0 Å². The molecule has 0 atom stereocenters. The summed E-state index contributed by atoms with van der Waals surface area (Å²) in [6.45, 7) is 17.2. The van der Waals surface area contributed by atoms with Crippen molar-refractivity contribution in [2.24, 2.45) is 11.3 Å². The van der Waals surface area contributed by atoms with Crippen molar-refractivity contribution in [3.63, 3.8) is 0 Å². The Kier molecular flexibility index (Phi) is 17.1. The first-order valence-electron chi connectivity index (χ1n) is 8.81. The van der Waals surface area contributed by atoms with E-state index in [1.54, 1.807) is 0 Å². The first-order valence-corrected chi connectivity index (χ1v) is 8.81. The lowest BCUT2D eigenvalue weighted by atomic mass is 10.0. The summed E-state index contributed by atoms with van der Waals surface area (Å²) in [5.41, 5.74) is 0.500. The van der Waals surface area contributed by atoms with Crippen molar-refractivity contribution >= 4 is 0 Å². The predicted octanol–water partition coefficient (Wildman–Crippen LogP) is 6.85. The summed E-state index contributed by atoms with van der Waals surface area (Å²) in [4.78, 5) is 0. The number of hydrogen-bond acceptors (Lipinski definition) is 1. The molecule has 1 aliphatic carbocycles. The maximum absolute atomic E-state index is 4.94. The zero-order valence-corrected chi connectivity index (χ0v) is 15.6. The average molecular weight is 287 g/mol. The fourth-order valence-corrected chi connectivity index (χ4v) is 1.57. The SMILES string of the molecule is C1CCCCC1.C1CCOC1.CC(C)(C)C.CC(C)C. The Balaban J connectivity index is 0. The molecule has 2 fully saturated rings. The third-order valence-corrected chi connectivity index (χ3v) is 2.33. The largest absolute Gasteiger partial charge is 0.381 e. The molecule has 0 N–H and O–H groups in total. The minimum absolute atomic E-state index is 0.500. The van der Waals surface area contributed by atoms with E-state index < -0.39 is 0 Å². The summed E-state index contributed by atoms with van der Waals surface area (Å²) in [5.74, 6) is 0.833. The van der Waals surface area contributed by atoms with Crippen molar-refractivity contribution in [2.75, 3.05) is 13.2 Å². The lowest BCUT2D eigenvalue weighted by molar-refractivity contribution is 0.198. The molecular weight excluding hydrogens is 244 g/mol. The van der Waals surface area contributed by atoms with Crippen molar-refractivity contribution in [3.05, 3.63) is 0 Å². The van der Waals surface area contributed by atoms with Gasteiger partial charge >= 0.3 is 0 Å². The minimum atomic E-state index is 0.500. The van der Waals surface area contributed by atoms with Crippen LogP contribution in [0.15, 0.2) is 0 Å². The van der Waals surface area contributed by atoms with Gasteiger partial charge in [0.2, 0.25) is 0 Å². The Hall–Kier alpha value is -0.0400. The molecule has 2 aliphatic rings. The molecule has 0 aromatic carbocycles. The molecule has 0 aromatic rings. The normalized spacial score (nSPS) is 18.0. The van der Waals surface area contributed by atoms with Gasteiger partial charge in [0, 0.05) is 13.2 Å². The quantitative estimate of drug-likeness (QED) is 0.473. The van der Waals surface area contributed by atoms with Crippen LogP contribution in [0.3, 0.4) is 0 Å². The van der Waals surface area contributed by atoms with Gasteiger partial charge in [0.25, 0.3) is 0 Å². The first-order chi connectivity index (χ1) is 9.23. The molecule has 1 saturated carbocycles. The first kappa shape index (κ1) is 22.2. The number of hydrogen-bond donors (Lipinski definition) is 0. The van der Waals surface area contributed by atoms with Crippen LogP contribution >= 0.6 is 0 Å². The average Bonchev–Trinajstić information content (AvgIpc) is 2.86. The lowest BCUT2D eigenvalue weighted by Crippen LogP contribution is -1.93. The number of rotatable bonds is 0. The van der Waals surface area contributed by atoms with Gasteiger partial charge in [-0.05, 0) is 24.2 Å². The van der Waals surface area contributed by atoms with Gasteiger partial charge in [-0.15, -0.1) is 0 Å². The second kappa shape index (κ2) is 15.4. The Morgan fingerprint density at radius 1 is 0.600 bits per heavy atom. The highest BCUT2D eigenvalue weighted by atomic mass is 16.5. The van der Waals surface area contributed by atoms with Gasteiger partial charge in [0.05, 0.1) is 0 Å². The molecule has 0 amide bonds. The highest BCUT2D eigenvalue weighted by Gasteiger charge is 1.96. The van der Waals surface area contributed by atoms with Gasteiger partial charge in [-0.2, -0.15) is 0 Å². The summed E-state index contributed by atoms with van der Waals surface area (Å²) in [6, 6.07) is 0. The highest BCUT2D eigenvalue weighted by Crippen LogP contribution is 2.15. The molecule has 1 aliphatic heterocycles. The zero-order chi connectivity index (χ0) is 15.9. The van der Waals surface area contributed by atoms with Gasteiger partial charge in [-0.3, -0.25) is 0 Å². The molecule has 2 rings (SSSR count). The van der Waals surface area contributed by atoms with E-state index in [4.69, 9.17) is 4.74 Å². The van der Waals surface area contributed by atoms with E-state index in [1.165, 1.54) is 51.4 Å². The molecule has 1 saturated heterocycles. The van der Waals surface area contributed by atoms with E-state index in [-0.39, 0.29) is 0 Å². The number of ether oxygens (including phenoxy) is 1. The van der Waals surface area contributed by atoms with E-state index in [0.717, 1.165) is 19.1 Å². The Morgan fingerprint density at radius 2 is 0.800 bits per heavy atom. The van der Waals surface area contributed by atoms with Crippen LogP contribution in [0.5, 0.6) is 0 Å². The van der Waals surface area contributed by atoms with E-state index in [1.807, 2.05) is 0 Å². The summed E-state index contributed by atoms with van der Waals surface area (Å²) >= 11 is 0. The van der Waals surface area contributed by atoms with Crippen LogP contribution in [-0.2, 0) is 4.74 Å². The molecule has 0 radical (unpaired) electrons. The fourth-order valence-electron chi connectivity index (χ4n) is 1.57. The molecular formula is C19H42O. The molecule has 0 unspecified atom stereocenters. The third kappa shape index (κ3) is 43.0. The highest BCUT2D eigenvalue weighted by molar-refractivity contribution is 4.51. The van der Waals surface area contributed by atoms with Crippen molar-refractivity contribution in [1.82, 2.24) is 0 Å². The molecule has 1 nitrogen and oxygen atoms in total. The van der Waals surface area contributed by atoms with Crippen molar-refractivity contribution in [2.45, 2.75) is 99.8 Å². The Morgan fingerprint density at radius 3 is 0.900 bits per heavy atom. The minimum Gasteiger partial charge on any atom is -0.381 e. The molecule has 0 aromatic heterocycles. The standard InChI is InChI=1S/C6H12.C5H12.C4H8O.C4H10/c1-2-4-6-5-3-1;1-5(2,3)4;1-2-4-5-3-1;1-4(2)3/h1-6H2;1-4H3;1-4H2;4H,1-3H3. The van der Waals surface area contributed by atoms with E-state index in [0.29, 0.717) is 5.41 Å². The summed E-state index contributed by atoms with van der Waals surface area (Å²) in [7, 11) is 0. The lowest BCUT2D eigenvalue weighted by Gasteiger charge is -2.05. The van der Waals surface area contributed by atoms with Crippen molar-refractivity contribution in [1.29, 1.82) is 0 Å². The molecule has 1 heteroatoms. The van der Waals surface area contributed by atoms with Gasteiger partial charge in [0.15, 0.2) is 0 Å². The zero-order valence-electron chi connectivity index (χ0n) is 15.6. The molecule has 124 valence electrons. The van der Waals surface area contributed by atoms with Crippen LogP contribution in [0.1, 0.15) is 99.8 Å². The maximum atomic E-state index is 4.94. The van der Waals surface area contributed by atoms with Gasteiger partial charge < -0.3 is 4.74 Å². The van der Waals surface area contributed by atoms with E-state index in [2.05, 4.69) is 48.5 Å². The molecule has 0 bridgehead atoms. The fraction of sp³-hybridized carbons (Fsp3) is 1.00. The summed E-state index contributed by atoms with van der Waals surface area (Å²) in [5, 5.41) is 0. The van der Waals surface area contributed by atoms with E-state index in [9.17, 15) is 0 Å². The van der Waals surface area contributed by atoms with Crippen molar-refractivity contribution < 1.29 is 4.74 Å². The Labute approximate surface area is 129 Å². The smallest absolute Gasteiger partial charge is 0.0466 e. The monoisotopic (exact) mass is 286 g/mol. The third-order valence-electron chi connectivity index (χ3n) is 2.33. The maximum Gasteiger partial charge on any atom is 0.0466 e. The van der Waals surface area contributed by atoms with Crippen LogP contribution in [0.25, 0.3) is 0 Å².